The van der Waals surface area contributed by atoms with Crippen molar-refractivity contribution in [3.05, 3.63) is 54.0 Å². The van der Waals surface area contributed by atoms with Crippen LogP contribution in [0.15, 0.2) is 52.1 Å². The molecule has 0 radical (unpaired) electrons. The van der Waals surface area contributed by atoms with E-state index in [1.165, 1.54) is 5.56 Å². The van der Waals surface area contributed by atoms with E-state index in [-0.39, 0.29) is 0 Å². The van der Waals surface area contributed by atoms with Crippen LogP contribution in [0.25, 0.3) is 0 Å². The zero-order valence-electron chi connectivity index (χ0n) is 8.68. The fourth-order valence-electron chi connectivity index (χ4n) is 1.36. The molecule has 0 aliphatic heterocycles. The van der Waals surface area contributed by atoms with E-state index in [9.17, 15) is 0 Å². The fraction of sp³-hybridized carbons (Fsp3) is 0.154. The van der Waals surface area contributed by atoms with Crippen molar-refractivity contribution < 1.29 is 4.42 Å². The van der Waals surface area contributed by atoms with Crippen molar-refractivity contribution in [1.29, 1.82) is 0 Å². The van der Waals surface area contributed by atoms with Crippen LogP contribution in [0.4, 0.5) is 5.69 Å². The van der Waals surface area contributed by atoms with E-state index >= 15 is 0 Å². The summed E-state index contributed by atoms with van der Waals surface area (Å²) in [6, 6.07) is 11.9. The van der Waals surface area contributed by atoms with E-state index in [1.54, 1.807) is 12.5 Å². The highest BCUT2D eigenvalue weighted by Crippen LogP contribution is 2.14. The number of aliphatic imine (C=N–C) groups is 1. The van der Waals surface area contributed by atoms with Crippen LogP contribution in [0.2, 0.25) is 0 Å². The molecule has 0 spiro atoms. The molecule has 15 heavy (non-hydrogen) atoms. The highest BCUT2D eigenvalue weighted by atomic mass is 16.3. The molecule has 0 atom stereocenters. The minimum absolute atomic E-state index is 0.775. The van der Waals surface area contributed by atoms with Crippen LogP contribution in [-0.2, 0) is 6.42 Å². The second-order valence-corrected chi connectivity index (χ2v) is 3.30. The summed E-state index contributed by atoms with van der Waals surface area (Å²) in [5.74, 6) is 0.775. The lowest BCUT2D eigenvalue weighted by atomic mass is 10.1. The Morgan fingerprint density at radius 3 is 2.93 bits per heavy atom. The number of benzene rings is 1. The van der Waals surface area contributed by atoms with Gasteiger partial charge in [-0.05, 0) is 36.2 Å². The molecule has 76 valence electrons. The Hall–Kier alpha value is -1.83. The Balaban J connectivity index is 2.17. The van der Waals surface area contributed by atoms with E-state index in [2.05, 4.69) is 24.0 Å². The number of hydrogen-bond acceptors (Lipinski definition) is 2. The van der Waals surface area contributed by atoms with Gasteiger partial charge < -0.3 is 4.42 Å². The first-order valence-electron chi connectivity index (χ1n) is 5.05. The molecule has 1 aromatic carbocycles. The van der Waals surface area contributed by atoms with Gasteiger partial charge in [0.25, 0.3) is 0 Å². The number of hydrogen-bond donors (Lipinski definition) is 0. The van der Waals surface area contributed by atoms with Crippen molar-refractivity contribution in [3.8, 4) is 0 Å². The molecule has 1 aromatic heterocycles. The third kappa shape index (κ3) is 2.56. The average molecular weight is 199 g/mol. The average Bonchev–Trinajstić information content (AvgIpc) is 2.79. The van der Waals surface area contributed by atoms with Gasteiger partial charge in [0.1, 0.15) is 5.76 Å². The molecular formula is C13H13NO. The Morgan fingerprint density at radius 2 is 2.20 bits per heavy atom. The first-order chi connectivity index (χ1) is 7.38. The molecule has 0 bridgehead atoms. The van der Waals surface area contributed by atoms with Crippen molar-refractivity contribution in [2.45, 2.75) is 13.3 Å². The Labute approximate surface area is 89.3 Å². The highest BCUT2D eigenvalue weighted by molar-refractivity contribution is 5.78. The zero-order valence-corrected chi connectivity index (χ0v) is 8.68. The van der Waals surface area contributed by atoms with Crippen LogP contribution >= 0.6 is 0 Å². The minimum atomic E-state index is 0.775. The lowest BCUT2D eigenvalue weighted by molar-refractivity contribution is 0.560. The molecule has 0 N–H and O–H groups in total. The first-order valence-corrected chi connectivity index (χ1v) is 5.05. The van der Waals surface area contributed by atoms with Gasteiger partial charge in [0, 0.05) is 0 Å². The van der Waals surface area contributed by atoms with E-state index in [4.69, 9.17) is 4.42 Å². The molecule has 0 aliphatic carbocycles. The fourth-order valence-corrected chi connectivity index (χ4v) is 1.36. The highest BCUT2D eigenvalue weighted by Gasteiger charge is 1.92. The second-order valence-electron chi connectivity index (χ2n) is 3.30. The smallest absolute Gasteiger partial charge is 0.144 e. The maximum absolute atomic E-state index is 5.16. The number of nitrogens with zero attached hydrogens (tertiary/aromatic N) is 1. The van der Waals surface area contributed by atoms with Crippen molar-refractivity contribution in [2.75, 3.05) is 0 Å². The molecule has 0 saturated heterocycles. The van der Waals surface area contributed by atoms with Crippen molar-refractivity contribution in [1.82, 2.24) is 0 Å². The van der Waals surface area contributed by atoms with Crippen LogP contribution in [0.5, 0.6) is 0 Å². The van der Waals surface area contributed by atoms with Gasteiger partial charge in [0.2, 0.25) is 0 Å². The number of aryl methyl sites for hydroxylation is 1. The molecule has 0 saturated carbocycles. The van der Waals surface area contributed by atoms with Crippen LogP contribution in [0, 0.1) is 0 Å². The third-order valence-electron chi connectivity index (χ3n) is 2.20. The summed E-state index contributed by atoms with van der Waals surface area (Å²) in [7, 11) is 0. The Kier molecular flexibility index (Phi) is 2.98. The third-order valence-corrected chi connectivity index (χ3v) is 2.20. The summed E-state index contributed by atoms with van der Waals surface area (Å²) in [4.78, 5) is 4.34. The normalized spacial score (nSPS) is 11.0. The van der Waals surface area contributed by atoms with E-state index in [1.807, 2.05) is 24.3 Å². The maximum atomic E-state index is 5.16. The molecule has 2 heteroatoms. The predicted octanol–water partition coefficient (Wildman–Crippen LogP) is 3.59. The lowest BCUT2D eigenvalue weighted by Crippen LogP contribution is -1.78. The van der Waals surface area contributed by atoms with Crippen molar-refractivity contribution in [2.24, 2.45) is 4.99 Å². The second kappa shape index (κ2) is 4.60. The monoisotopic (exact) mass is 199 g/mol. The van der Waals surface area contributed by atoms with Gasteiger partial charge >= 0.3 is 0 Å². The summed E-state index contributed by atoms with van der Waals surface area (Å²) in [6.45, 7) is 2.13. The van der Waals surface area contributed by atoms with E-state index in [0.717, 1.165) is 17.9 Å². The predicted molar refractivity (Wildman–Crippen MR) is 61.8 cm³/mol. The molecule has 0 amide bonds. The van der Waals surface area contributed by atoms with Crippen molar-refractivity contribution in [3.63, 3.8) is 0 Å². The van der Waals surface area contributed by atoms with Crippen LogP contribution in [0.1, 0.15) is 18.2 Å². The summed E-state index contributed by atoms with van der Waals surface area (Å²) in [6.07, 6.45) is 4.41. The summed E-state index contributed by atoms with van der Waals surface area (Å²) >= 11 is 0. The van der Waals surface area contributed by atoms with Gasteiger partial charge in [-0.25, -0.2) is 0 Å². The molecule has 0 aliphatic rings. The molecule has 2 aromatic rings. The van der Waals surface area contributed by atoms with E-state index < -0.39 is 0 Å². The standard InChI is InChI=1S/C13H13NO/c1-2-11-5-3-6-12(9-11)14-10-13-7-4-8-15-13/h3-10H,2H2,1H3. The first kappa shape index (κ1) is 9.71. The molecular weight excluding hydrogens is 186 g/mol. The van der Waals surface area contributed by atoms with Gasteiger partial charge in [-0.3, -0.25) is 4.99 Å². The topological polar surface area (TPSA) is 25.5 Å². The Bertz CT molecular complexity index is 443. The van der Waals surface area contributed by atoms with Gasteiger partial charge in [-0.1, -0.05) is 19.1 Å². The maximum Gasteiger partial charge on any atom is 0.144 e. The zero-order chi connectivity index (χ0) is 10.5. The van der Waals surface area contributed by atoms with E-state index in [0.29, 0.717) is 0 Å². The molecule has 2 nitrogen and oxygen atoms in total. The molecule has 0 fully saturated rings. The largest absolute Gasteiger partial charge is 0.463 e. The van der Waals surface area contributed by atoms with Crippen LogP contribution < -0.4 is 0 Å². The number of furan rings is 1. The SMILES string of the molecule is CCc1cccc(N=Cc2ccco2)c1. The molecule has 2 rings (SSSR count). The number of rotatable bonds is 3. The summed E-state index contributed by atoms with van der Waals surface area (Å²) < 4.78 is 5.16. The van der Waals surface area contributed by atoms with Gasteiger partial charge in [0.05, 0.1) is 18.2 Å². The van der Waals surface area contributed by atoms with Gasteiger partial charge in [0.15, 0.2) is 0 Å². The summed E-state index contributed by atoms with van der Waals surface area (Å²) in [5, 5.41) is 0. The van der Waals surface area contributed by atoms with Crippen molar-refractivity contribution >= 4 is 11.9 Å². The summed E-state index contributed by atoms with van der Waals surface area (Å²) in [5.41, 5.74) is 2.26. The van der Waals surface area contributed by atoms with Gasteiger partial charge in [-0.2, -0.15) is 0 Å². The molecule has 1 heterocycles. The molecule has 0 unspecified atom stereocenters. The quantitative estimate of drug-likeness (QED) is 0.693. The van der Waals surface area contributed by atoms with Crippen LogP contribution in [-0.4, -0.2) is 6.21 Å². The Morgan fingerprint density at radius 1 is 1.27 bits per heavy atom. The lowest BCUT2D eigenvalue weighted by Gasteiger charge is -1.97. The van der Waals surface area contributed by atoms with Crippen LogP contribution in [0.3, 0.4) is 0 Å². The van der Waals surface area contributed by atoms with Gasteiger partial charge in [-0.15, -0.1) is 0 Å². The minimum Gasteiger partial charge on any atom is -0.463 e.